The molecule has 0 radical (unpaired) electrons. The number of benzene rings is 1. The molecule has 0 saturated carbocycles. The number of rotatable bonds is 2. The zero-order chi connectivity index (χ0) is 12.3. The van der Waals surface area contributed by atoms with Gasteiger partial charge < -0.3 is 10.6 Å². The van der Waals surface area contributed by atoms with Crippen molar-refractivity contribution < 1.29 is 4.79 Å². The molecule has 1 saturated heterocycles. The van der Waals surface area contributed by atoms with E-state index >= 15 is 0 Å². The third-order valence-electron chi connectivity index (χ3n) is 3.36. The molecule has 3 nitrogen and oxygen atoms in total. The predicted octanol–water partition coefficient (Wildman–Crippen LogP) is 1.87. The number of nitrogens with one attached hydrogen (secondary N) is 2. The Labute approximate surface area is 103 Å². The van der Waals surface area contributed by atoms with Crippen LogP contribution in [0.1, 0.15) is 35.7 Å². The van der Waals surface area contributed by atoms with E-state index in [-0.39, 0.29) is 11.9 Å². The van der Waals surface area contributed by atoms with Crippen LogP contribution in [0.2, 0.25) is 0 Å². The molecular formula is C14H20N2O. The van der Waals surface area contributed by atoms with E-state index in [0.717, 1.165) is 30.5 Å². The van der Waals surface area contributed by atoms with Gasteiger partial charge in [0, 0.05) is 17.6 Å². The summed E-state index contributed by atoms with van der Waals surface area (Å²) in [5, 5.41) is 6.50. The Balaban J connectivity index is 2.01. The van der Waals surface area contributed by atoms with Gasteiger partial charge in [-0.25, -0.2) is 0 Å². The van der Waals surface area contributed by atoms with Crippen molar-refractivity contribution in [2.75, 3.05) is 6.54 Å². The summed E-state index contributed by atoms with van der Waals surface area (Å²) >= 11 is 0. The van der Waals surface area contributed by atoms with Gasteiger partial charge in [0.15, 0.2) is 0 Å². The van der Waals surface area contributed by atoms with Crippen molar-refractivity contribution in [3.05, 3.63) is 35.4 Å². The van der Waals surface area contributed by atoms with E-state index in [9.17, 15) is 4.79 Å². The number of hydrogen-bond acceptors (Lipinski definition) is 2. The van der Waals surface area contributed by atoms with Crippen LogP contribution < -0.4 is 10.6 Å². The van der Waals surface area contributed by atoms with Gasteiger partial charge in [0.05, 0.1) is 0 Å². The molecule has 1 amide bonds. The number of hydrogen-bond donors (Lipinski definition) is 2. The zero-order valence-electron chi connectivity index (χ0n) is 10.5. The minimum Gasteiger partial charge on any atom is -0.348 e. The Morgan fingerprint density at radius 1 is 1.47 bits per heavy atom. The number of carbonyl (C=O) groups excluding carboxylic acids is 1. The maximum absolute atomic E-state index is 12.1. The molecule has 3 heteroatoms. The normalized spacial score (nSPS) is 24.4. The second-order valence-corrected chi connectivity index (χ2v) is 4.83. The lowest BCUT2D eigenvalue weighted by Crippen LogP contribution is -2.51. The largest absolute Gasteiger partial charge is 0.348 e. The van der Waals surface area contributed by atoms with E-state index in [1.807, 2.05) is 31.2 Å². The first-order valence-corrected chi connectivity index (χ1v) is 6.28. The average Bonchev–Trinajstić information content (AvgIpc) is 2.32. The quantitative estimate of drug-likeness (QED) is 0.817. The maximum atomic E-state index is 12.1. The standard InChI is InChI=1S/C14H20N2O/c1-10-5-3-6-12(9-10)14(17)16-13-7-4-8-15-11(13)2/h3,5-6,9,11,13,15H,4,7-8H2,1-2H3,(H,16,17). The topological polar surface area (TPSA) is 41.1 Å². The van der Waals surface area contributed by atoms with Gasteiger partial charge in [-0.15, -0.1) is 0 Å². The van der Waals surface area contributed by atoms with E-state index < -0.39 is 0 Å². The maximum Gasteiger partial charge on any atom is 0.251 e. The van der Waals surface area contributed by atoms with Crippen molar-refractivity contribution in [3.8, 4) is 0 Å². The number of amides is 1. The van der Waals surface area contributed by atoms with Crippen LogP contribution in [0.15, 0.2) is 24.3 Å². The van der Waals surface area contributed by atoms with E-state index in [2.05, 4.69) is 17.6 Å². The fraction of sp³-hybridized carbons (Fsp3) is 0.500. The van der Waals surface area contributed by atoms with Gasteiger partial charge in [-0.2, -0.15) is 0 Å². The molecule has 1 aliphatic rings. The van der Waals surface area contributed by atoms with Crippen LogP contribution in [0.4, 0.5) is 0 Å². The summed E-state index contributed by atoms with van der Waals surface area (Å²) < 4.78 is 0. The predicted molar refractivity (Wildman–Crippen MR) is 69.1 cm³/mol. The van der Waals surface area contributed by atoms with Crippen LogP contribution >= 0.6 is 0 Å². The first kappa shape index (κ1) is 12.1. The van der Waals surface area contributed by atoms with Gasteiger partial charge in [-0.3, -0.25) is 4.79 Å². The fourth-order valence-electron chi connectivity index (χ4n) is 2.28. The van der Waals surface area contributed by atoms with Crippen LogP contribution in [0.3, 0.4) is 0 Å². The van der Waals surface area contributed by atoms with Gasteiger partial charge in [0.25, 0.3) is 5.91 Å². The van der Waals surface area contributed by atoms with Crippen LogP contribution in [-0.4, -0.2) is 24.5 Å². The molecule has 0 spiro atoms. The second-order valence-electron chi connectivity index (χ2n) is 4.83. The van der Waals surface area contributed by atoms with Crippen LogP contribution in [-0.2, 0) is 0 Å². The molecule has 0 aromatic heterocycles. The van der Waals surface area contributed by atoms with Crippen molar-refractivity contribution in [1.82, 2.24) is 10.6 Å². The number of aryl methyl sites for hydroxylation is 1. The molecule has 92 valence electrons. The van der Waals surface area contributed by atoms with Crippen molar-refractivity contribution >= 4 is 5.91 Å². The third-order valence-corrected chi connectivity index (χ3v) is 3.36. The molecule has 2 N–H and O–H groups in total. The summed E-state index contributed by atoms with van der Waals surface area (Å²) in [5.74, 6) is 0.0363. The van der Waals surface area contributed by atoms with Gasteiger partial charge in [-0.05, 0) is 45.4 Å². The van der Waals surface area contributed by atoms with Crippen LogP contribution in [0.25, 0.3) is 0 Å². The minimum atomic E-state index is 0.0363. The Bertz CT molecular complexity index is 403. The number of piperidine rings is 1. The van der Waals surface area contributed by atoms with Crippen LogP contribution in [0.5, 0.6) is 0 Å². The highest BCUT2D eigenvalue weighted by Gasteiger charge is 2.22. The minimum absolute atomic E-state index is 0.0363. The highest BCUT2D eigenvalue weighted by atomic mass is 16.1. The Hall–Kier alpha value is -1.35. The van der Waals surface area contributed by atoms with Gasteiger partial charge in [0.2, 0.25) is 0 Å². The van der Waals surface area contributed by atoms with Gasteiger partial charge in [-0.1, -0.05) is 17.7 Å². The fourth-order valence-corrected chi connectivity index (χ4v) is 2.28. The van der Waals surface area contributed by atoms with E-state index in [1.165, 1.54) is 0 Å². The zero-order valence-corrected chi connectivity index (χ0v) is 10.5. The summed E-state index contributed by atoms with van der Waals surface area (Å²) in [6.07, 6.45) is 2.19. The summed E-state index contributed by atoms with van der Waals surface area (Å²) in [6.45, 7) is 5.18. The molecule has 1 aromatic carbocycles. The third kappa shape index (κ3) is 3.07. The average molecular weight is 232 g/mol. The first-order valence-electron chi connectivity index (χ1n) is 6.28. The molecule has 2 rings (SSSR count). The molecule has 1 aliphatic heterocycles. The Kier molecular flexibility index (Phi) is 3.79. The van der Waals surface area contributed by atoms with E-state index in [0.29, 0.717) is 6.04 Å². The van der Waals surface area contributed by atoms with E-state index in [4.69, 9.17) is 0 Å². The molecular weight excluding hydrogens is 212 g/mol. The van der Waals surface area contributed by atoms with Crippen molar-refractivity contribution in [1.29, 1.82) is 0 Å². The molecule has 0 bridgehead atoms. The Morgan fingerprint density at radius 2 is 2.29 bits per heavy atom. The lowest BCUT2D eigenvalue weighted by molar-refractivity contribution is 0.0920. The van der Waals surface area contributed by atoms with E-state index in [1.54, 1.807) is 0 Å². The highest BCUT2D eigenvalue weighted by molar-refractivity contribution is 5.94. The lowest BCUT2D eigenvalue weighted by atomic mass is 9.99. The van der Waals surface area contributed by atoms with Crippen molar-refractivity contribution in [2.45, 2.75) is 38.8 Å². The molecule has 2 atom stereocenters. The molecule has 0 aliphatic carbocycles. The summed E-state index contributed by atoms with van der Waals surface area (Å²) in [4.78, 5) is 12.1. The smallest absolute Gasteiger partial charge is 0.251 e. The first-order chi connectivity index (χ1) is 8.16. The summed E-state index contributed by atoms with van der Waals surface area (Å²) in [5.41, 5.74) is 1.87. The van der Waals surface area contributed by atoms with Gasteiger partial charge >= 0.3 is 0 Å². The molecule has 2 unspecified atom stereocenters. The second kappa shape index (κ2) is 5.32. The van der Waals surface area contributed by atoms with Gasteiger partial charge in [0.1, 0.15) is 0 Å². The molecule has 1 fully saturated rings. The van der Waals surface area contributed by atoms with Crippen LogP contribution in [0, 0.1) is 6.92 Å². The summed E-state index contributed by atoms with van der Waals surface area (Å²) in [6, 6.07) is 8.32. The Morgan fingerprint density at radius 3 is 3.00 bits per heavy atom. The molecule has 1 aromatic rings. The van der Waals surface area contributed by atoms with Crippen molar-refractivity contribution in [3.63, 3.8) is 0 Å². The molecule has 1 heterocycles. The summed E-state index contributed by atoms with van der Waals surface area (Å²) in [7, 11) is 0. The monoisotopic (exact) mass is 232 g/mol. The SMILES string of the molecule is Cc1cccc(C(=O)NC2CCCNC2C)c1. The molecule has 17 heavy (non-hydrogen) atoms. The lowest BCUT2D eigenvalue weighted by Gasteiger charge is -2.30. The highest BCUT2D eigenvalue weighted by Crippen LogP contribution is 2.10. The number of carbonyl (C=O) groups is 1. The van der Waals surface area contributed by atoms with Crippen molar-refractivity contribution in [2.24, 2.45) is 0 Å².